The molecule has 1 saturated carbocycles. The number of benzene rings is 1. The molecule has 1 heterocycles. The summed E-state index contributed by atoms with van der Waals surface area (Å²) in [6.45, 7) is 7.35. The van der Waals surface area contributed by atoms with E-state index in [0.29, 0.717) is 18.5 Å². The van der Waals surface area contributed by atoms with Crippen LogP contribution in [0.15, 0.2) is 18.2 Å². The Kier molecular flexibility index (Phi) is 5.91. The van der Waals surface area contributed by atoms with Crippen molar-refractivity contribution >= 4 is 5.91 Å². The van der Waals surface area contributed by atoms with Crippen LogP contribution in [0.2, 0.25) is 0 Å². The number of carbonyl (C=O) groups is 1. The lowest BCUT2D eigenvalue weighted by Crippen LogP contribution is -3.28. The number of hydrogen-bond acceptors (Lipinski definition) is 2. The second kappa shape index (κ2) is 8.15. The lowest BCUT2D eigenvalue weighted by Gasteiger charge is -2.30. The highest BCUT2D eigenvalue weighted by atomic mass is 19.1. The van der Waals surface area contributed by atoms with Gasteiger partial charge in [-0.3, -0.25) is 4.79 Å². The molecular weight excluding hydrogens is 321 g/mol. The molecule has 0 radical (unpaired) electrons. The molecule has 0 spiro atoms. The maximum atomic E-state index is 13.5. The number of quaternary nitrogens is 2. The number of ether oxygens (including phenoxy) is 1. The van der Waals surface area contributed by atoms with Crippen LogP contribution in [0.25, 0.3) is 0 Å². The van der Waals surface area contributed by atoms with Gasteiger partial charge < -0.3 is 19.9 Å². The second-order valence-corrected chi connectivity index (χ2v) is 7.50. The van der Waals surface area contributed by atoms with Crippen LogP contribution in [0.3, 0.4) is 0 Å². The van der Waals surface area contributed by atoms with Gasteiger partial charge in [0.15, 0.2) is 6.54 Å². The summed E-state index contributed by atoms with van der Waals surface area (Å²) in [5, 5.41) is 3.14. The predicted octanol–water partition coefficient (Wildman–Crippen LogP) is -0.968. The fourth-order valence-corrected chi connectivity index (χ4v) is 3.71. The van der Waals surface area contributed by atoms with Crippen LogP contribution in [0.1, 0.15) is 25.3 Å². The van der Waals surface area contributed by atoms with Crippen LogP contribution in [0, 0.1) is 11.7 Å². The molecule has 0 bridgehead atoms. The Balaban J connectivity index is 1.44. The first-order valence-electron chi connectivity index (χ1n) is 9.34. The third-order valence-electron chi connectivity index (χ3n) is 5.48. The molecule has 6 heteroatoms. The first-order valence-corrected chi connectivity index (χ1v) is 9.34. The maximum Gasteiger partial charge on any atom is 0.275 e. The predicted molar refractivity (Wildman–Crippen MR) is 93.2 cm³/mol. The van der Waals surface area contributed by atoms with Gasteiger partial charge >= 0.3 is 0 Å². The van der Waals surface area contributed by atoms with E-state index in [2.05, 4.69) is 12.2 Å². The maximum absolute atomic E-state index is 13.5. The van der Waals surface area contributed by atoms with E-state index in [1.807, 2.05) is 0 Å². The quantitative estimate of drug-likeness (QED) is 0.592. The van der Waals surface area contributed by atoms with Crippen molar-refractivity contribution in [1.82, 2.24) is 5.32 Å². The van der Waals surface area contributed by atoms with E-state index in [9.17, 15) is 9.18 Å². The van der Waals surface area contributed by atoms with Crippen molar-refractivity contribution < 1.29 is 23.7 Å². The van der Waals surface area contributed by atoms with Gasteiger partial charge in [0, 0.05) is 6.04 Å². The van der Waals surface area contributed by atoms with Gasteiger partial charge in [-0.1, -0.05) is 0 Å². The highest BCUT2D eigenvalue weighted by Gasteiger charge is 2.30. The SMILES string of the molecule is COc1ccc(F)cc1C[NH+]1CC[NH+](CC(=O)N[C@H](C)C2CC2)CC1. The van der Waals surface area contributed by atoms with Gasteiger partial charge in [0.05, 0.1) is 12.7 Å². The van der Waals surface area contributed by atoms with E-state index in [4.69, 9.17) is 4.74 Å². The molecule has 25 heavy (non-hydrogen) atoms. The molecule has 1 aromatic rings. The van der Waals surface area contributed by atoms with Crippen LogP contribution in [0.4, 0.5) is 4.39 Å². The highest BCUT2D eigenvalue weighted by molar-refractivity contribution is 5.77. The van der Waals surface area contributed by atoms with E-state index in [1.165, 1.54) is 28.7 Å². The van der Waals surface area contributed by atoms with Crippen molar-refractivity contribution in [3.05, 3.63) is 29.6 Å². The molecule has 3 rings (SSSR count). The van der Waals surface area contributed by atoms with Gasteiger partial charge in [-0.2, -0.15) is 0 Å². The van der Waals surface area contributed by atoms with Gasteiger partial charge in [0.2, 0.25) is 0 Å². The van der Waals surface area contributed by atoms with Crippen LogP contribution in [-0.2, 0) is 11.3 Å². The van der Waals surface area contributed by atoms with Crippen molar-refractivity contribution in [3.63, 3.8) is 0 Å². The van der Waals surface area contributed by atoms with E-state index in [1.54, 1.807) is 19.2 Å². The summed E-state index contributed by atoms with van der Waals surface area (Å²) >= 11 is 0. The fraction of sp³-hybridized carbons (Fsp3) is 0.632. The fourth-order valence-electron chi connectivity index (χ4n) is 3.71. The van der Waals surface area contributed by atoms with Crippen LogP contribution >= 0.6 is 0 Å². The summed E-state index contributed by atoms with van der Waals surface area (Å²) in [7, 11) is 1.62. The van der Waals surface area contributed by atoms with Gasteiger partial charge in [0.25, 0.3) is 5.91 Å². The van der Waals surface area contributed by atoms with E-state index >= 15 is 0 Å². The number of carbonyl (C=O) groups excluding carboxylic acids is 1. The highest BCUT2D eigenvalue weighted by Crippen LogP contribution is 2.32. The average Bonchev–Trinajstić information content (AvgIpc) is 3.42. The number of piperazine rings is 1. The lowest BCUT2D eigenvalue weighted by atomic mass is 10.1. The van der Waals surface area contributed by atoms with Crippen molar-refractivity contribution in [2.45, 2.75) is 32.4 Å². The summed E-state index contributed by atoms with van der Waals surface area (Å²) in [6, 6.07) is 5.01. The Morgan fingerprint density at radius 1 is 1.28 bits per heavy atom. The number of halogens is 1. The third-order valence-corrected chi connectivity index (χ3v) is 5.48. The first-order chi connectivity index (χ1) is 12.0. The van der Waals surface area contributed by atoms with E-state index in [0.717, 1.165) is 44.0 Å². The number of nitrogens with one attached hydrogen (secondary N) is 3. The minimum absolute atomic E-state index is 0.171. The monoisotopic (exact) mass is 351 g/mol. The molecule has 0 unspecified atom stereocenters. The number of amides is 1. The number of hydrogen-bond donors (Lipinski definition) is 3. The third kappa shape index (κ3) is 5.16. The zero-order valence-corrected chi connectivity index (χ0v) is 15.2. The van der Waals surface area contributed by atoms with E-state index in [-0.39, 0.29) is 11.7 Å². The number of rotatable bonds is 7. The van der Waals surface area contributed by atoms with Gasteiger partial charge in [-0.25, -0.2) is 4.39 Å². The molecule has 1 atom stereocenters. The average molecular weight is 351 g/mol. The van der Waals surface area contributed by atoms with E-state index < -0.39 is 0 Å². The van der Waals surface area contributed by atoms with Gasteiger partial charge in [-0.05, 0) is 43.9 Å². The van der Waals surface area contributed by atoms with Crippen LogP contribution in [-0.4, -0.2) is 51.8 Å². The Morgan fingerprint density at radius 3 is 2.60 bits per heavy atom. The normalized spacial score (nSPS) is 24.6. The van der Waals surface area contributed by atoms with Crippen LogP contribution < -0.4 is 19.9 Å². The Morgan fingerprint density at radius 2 is 1.96 bits per heavy atom. The molecule has 2 aliphatic rings. The van der Waals surface area contributed by atoms with Gasteiger partial charge in [0.1, 0.15) is 44.3 Å². The zero-order valence-electron chi connectivity index (χ0n) is 15.2. The summed E-state index contributed by atoms with van der Waals surface area (Å²) in [5.74, 6) is 1.39. The summed E-state index contributed by atoms with van der Waals surface area (Å²) < 4.78 is 18.8. The molecular formula is C19H30FN3O2+2. The Labute approximate surface area is 149 Å². The molecule has 1 aliphatic carbocycles. The molecule has 1 aromatic carbocycles. The number of methoxy groups -OCH3 is 1. The molecule has 2 fully saturated rings. The second-order valence-electron chi connectivity index (χ2n) is 7.50. The van der Waals surface area contributed by atoms with Crippen molar-refractivity contribution in [3.8, 4) is 5.75 Å². The molecule has 1 aliphatic heterocycles. The van der Waals surface area contributed by atoms with Crippen LogP contribution in [0.5, 0.6) is 5.75 Å². The first kappa shape index (κ1) is 18.1. The molecule has 1 amide bonds. The molecule has 138 valence electrons. The Hall–Kier alpha value is -1.66. The molecule has 5 nitrogen and oxygen atoms in total. The minimum Gasteiger partial charge on any atom is -0.496 e. The lowest BCUT2D eigenvalue weighted by molar-refractivity contribution is -1.02. The van der Waals surface area contributed by atoms with Crippen molar-refractivity contribution in [2.75, 3.05) is 39.8 Å². The smallest absolute Gasteiger partial charge is 0.275 e. The summed E-state index contributed by atoms with van der Waals surface area (Å²) in [5.41, 5.74) is 0.914. The topological polar surface area (TPSA) is 47.2 Å². The van der Waals surface area contributed by atoms with Crippen molar-refractivity contribution in [1.29, 1.82) is 0 Å². The largest absolute Gasteiger partial charge is 0.496 e. The summed E-state index contributed by atoms with van der Waals surface area (Å²) in [4.78, 5) is 14.9. The minimum atomic E-state index is -0.221. The zero-order chi connectivity index (χ0) is 17.8. The summed E-state index contributed by atoms with van der Waals surface area (Å²) in [6.07, 6.45) is 2.50. The standard InChI is InChI=1S/C19H28FN3O2/c1-14(15-3-4-15)21-19(24)13-23-9-7-22(8-10-23)12-16-11-17(20)5-6-18(16)25-2/h5-6,11,14-15H,3-4,7-10,12-13H2,1-2H3,(H,21,24)/p+2/t14-/m1/s1. The van der Waals surface area contributed by atoms with Gasteiger partial charge in [-0.15, -0.1) is 0 Å². The molecule has 3 N–H and O–H groups in total. The Bertz CT molecular complexity index is 598. The van der Waals surface area contributed by atoms with Crippen molar-refractivity contribution in [2.24, 2.45) is 5.92 Å². The molecule has 1 saturated heterocycles. The molecule has 0 aromatic heterocycles.